The van der Waals surface area contributed by atoms with E-state index in [0.29, 0.717) is 26.2 Å². The highest BCUT2D eigenvalue weighted by Gasteiger charge is 2.28. The van der Waals surface area contributed by atoms with E-state index < -0.39 is 0 Å². The number of hydrogen-bond acceptors (Lipinski definition) is 6. The van der Waals surface area contributed by atoms with E-state index in [1.807, 2.05) is 37.6 Å². The molecule has 0 aromatic carbocycles. The molecule has 2 aromatic heterocycles. The molecule has 0 bridgehead atoms. The molecule has 150 valence electrons. The molecule has 1 aliphatic heterocycles. The Hall–Kier alpha value is -2.32. The standard InChI is InChI=1S/C20H26N4O3S/c1-3-27-12-19(25)24-8-4-5-16(11-24)20(26)22-10-18-23-17(13-28-18)15-7-6-14(2)21-9-15/h6-7,9,13,16H,3-5,8,10-12H2,1-2H3,(H,22,26)/t16-/m0/s1. The number of aryl methyl sites for hydroxylation is 1. The van der Waals surface area contributed by atoms with Gasteiger partial charge in [-0.15, -0.1) is 11.3 Å². The molecule has 3 rings (SSSR count). The summed E-state index contributed by atoms with van der Waals surface area (Å²) in [5.74, 6) is -0.252. The van der Waals surface area contributed by atoms with Gasteiger partial charge < -0.3 is 15.0 Å². The number of likely N-dealkylation sites (tertiary alicyclic amines) is 1. The molecule has 0 spiro atoms. The summed E-state index contributed by atoms with van der Waals surface area (Å²) in [6.45, 7) is 5.94. The molecule has 2 amide bonds. The van der Waals surface area contributed by atoms with E-state index in [9.17, 15) is 9.59 Å². The SMILES string of the molecule is CCOCC(=O)N1CCC[C@H](C(=O)NCc2nc(-c3ccc(C)nc3)cs2)C1. The zero-order chi connectivity index (χ0) is 19.9. The normalized spacial score (nSPS) is 16.8. The predicted molar refractivity (Wildman–Crippen MR) is 108 cm³/mol. The number of carbonyl (C=O) groups excluding carboxylic acids is 2. The van der Waals surface area contributed by atoms with Crippen LogP contribution >= 0.6 is 11.3 Å². The van der Waals surface area contributed by atoms with Crippen molar-refractivity contribution in [1.29, 1.82) is 0 Å². The number of aromatic nitrogens is 2. The number of carbonyl (C=O) groups is 2. The topological polar surface area (TPSA) is 84.4 Å². The van der Waals surface area contributed by atoms with Gasteiger partial charge in [0.1, 0.15) is 11.6 Å². The van der Waals surface area contributed by atoms with Gasteiger partial charge in [0.05, 0.1) is 18.2 Å². The third kappa shape index (κ3) is 5.36. The summed E-state index contributed by atoms with van der Waals surface area (Å²) in [6, 6.07) is 3.95. The van der Waals surface area contributed by atoms with Crippen LogP contribution in [0.15, 0.2) is 23.7 Å². The molecule has 0 unspecified atom stereocenters. The fourth-order valence-electron chi connectivity index (χ4n) is 3.15. The molecule has 7 nitrogen and oxygen atoms in total. The third-order valence-corrected chi connectivity index (χ3v) is 5.60. The zero-order valence-corrected chi connectivity index (χ0v) is 17.1. The number of ether oxygens (including phenoxy) is 1. The maximum absolute atomic E-state index is 12.6. The van der Waals surface area contributed by atoms with Crippen molar-refractivity contribution < 1.29 is 14.3 Å². The van der Waals surface area contributed by atoms with E-state index in [0.717, 1.165) is 34.8 Å². The number of piperidine rings is 1. The van der Waals surface area contributed by atoms with Crippen molar-refractivity contribution in [2.45, 2.75) is 33.2 Å². The van der Waals surface area contributed by atoms with E-state index in [4.69, 9.17) is 4.74 Å². The van der Waals surface area contributed by atoms with Gasteiger partial charge in [-0.25, -0.2) is 4.98 Å². The number of nitrogens with one attached hydrogen (secondary N) is 1. The average molecular weight is 403 g/mol. The molecule has 3 heterocycles. The monoisotopic (exact) mass is 402 g/mol. The van der Waals surface area contributed by atoms with Crippen LogP contribution in [-0.4, -0.2) is 53.0 Å². The summed E-state index contributed by atoms with van der Waals surface area (Å²) in [5, 5.41) is 5.80. The predicted octanol–water partition coefficient (Wildman–Crippen LogP) is 2.40. The minimum Gasteiger partial charge on any atom is -0.372 e. The third-order valence-electron chi connectivity index (χ3n) is 4.75. The average Bonchev–Trinajstić information content (AvgIpc) is 3.20. The minimum atomic E-state index is -0.181. The van der Waals surface area contributed by atoms with Gasteiger partial charge in [0.15, 0.2) is 0 Å². The molecule has 0 radical (unpaired) electrons. The Labute approximate surface area is 169 Å². The lowest BCUT2D eigenvalue weighted by Gasteiger charge is -2.32. The summed E-state index contributed by atoms with van der Waals surface area (Å²) in [5.41, 5.74) is 2.80. The lowest BCUT2D eigenvalue weighted by Crippen LogP contribution is -2.46. The van der Waals surface area contributed by atoms with Crippen molar-refractivity contribution in [3.8, 4) is 11.3 Å². The van der Waals surface area contributed by atoms with E-state index in [2.05, 4.69) is 15.3 Å². The van der Waals surface area contributed by atoms with Crippen LogP contribution in [0.1, 0.15) is 30.5 Å². The van der Waals surface area contributed by atoms with Crippen LogP contribution in [0, 0.1) is 12.8 Å². The van der Waals surface area contributed by atoms with Crippen LogP contribution in [0.25, 0.3) is 11.3 Å². The Morgan fingerprint density at radius 2 is 2.25 bits per heavy atom. The van der Waals surface area contributed by atoms with Crippen molar-refractivity contribution in [2.24, 2.45) is 5.92 Å². The minimum absolute atomic E-state index is 0.0253. The maximum atomic E-state index is 12.6. The number of thiazole rings is 1. The molecule has 0 saturated carbocycles. The maximum Gasteiger partial charge on any atom is 0.248 e. The fourth-order valence-corrected chi connectivity index (χ4v) is 3.89. The lowest BCUT2D eigenvalue weighted by molar-refractivity contribution is -0.139. The molecule has 1 saturated heterocycles. The van der Waals surface area contributed by atoms with Crippen molar-refractivity contribution in [1.82, 2.24) is 20.2 Å². The van der Waals surface area contributed by atoms with Crippen molar-refractivity contribution >= 4 is 23.2 Å². The van der Waals surface area contributed by atoms with Crippen LogP contribution in [-0.2, 0) is 20.9 Å². The van der Waals surface area contributed by atoms with Gasteiger partial charge in [0.2, 0.25) is 11.8 Å². The molecule has 0 aliphatic carbocycles. The Balaban J connectivity index is 1.51. The molecule has 1 atom stereocenters. The Morgan fingerprint density at radius 3 is 3.00 bits per heavy atom. The molecule has 2 aromatic rings. The van der Waals surface area contributed by atoms with Gasteiger partial charge in [-0.05, 0) is 38.8 Å². The highest BCUT2D eigenvalue weighted by molar-refractivity contribution is 7.09. The fraction of sp³-hybridized carbons (Fsp3) is 0.500. The Bertz CT molecular complexity index is 806. The summed E-state index contributed by atoms with van der Waals surface area (Å²) in [7, 11) is 0. The summed E-state index contributed by atoms with van der Waals surface area (Å²) in [4.78, 5) is 35.3. The van der Waals surface area contributed by atoms with E-state index in [1.165, 1.54) is 11.3 Å². The number of hydrogen-bond donors (Lipinski definition) is 1. The van der Waals surface area contributed by atoms with Crippen LogP contribution in [0.4, 0.5) is 0 Å². The number of amides is 2. The van der Waals surface area contributed by atoms with Gasteiger partial charge >= 0.3 is 0 Å². The van der Waals surface area contributed by atoms with Gasteiger partial charge in [0, 0.05) is 42.5 Å². The highest BCUT2D eigenvalue weighted by atomic mass is 32.1. The number of nitrogens with zero attached hydrogens (tertiary/aromatic N) is 3. The van der Waals surface area contributed by atoms with Crippen molar-refractivity contribution in [2.75, 3.05) is 26.3 Å². The van der Waals surface area contributed by atoms with Crippen LogP contribution < -0.4 is 5.32 Å². The Kier molecular flexibility index (Phi) is 7.11. The van der Waals surface area contributed by atoms with Gasteiger partial charge in [0.25, 0.3) is 0 Å². The molecule has 1 fully saturated rings. The first-order valence-corrected chi connectivity index (χ1v) is 10.5. The molecular weight excluding hydrogens is 376 g/mol. The quantitative estimate of drug-likeness (QED) is 0.769. The summed E-state index contributed by atoms with van der Waals surface area (Å²) in [6.07, 6.45) is 3.43. The highest BCUT2D eigenvalue weighted by Crippen LogP contribution is 2.22. The van der Waals surface area contributed by atoms with E-state index >= 15 is 0 Å². The van der Waals surface area contributed by atoms with Crippen LogP contribution in [0.5, 0.6) is 0 Å². The zero-order valence-electron chi connectivity index (χ0n) is 16.3. The molecule has 1 aliphatic rings. The van der Waals surface area contributed by atoms with Gasteiger partial charge in [-0.1, -0.05) is 0 Å². The largest absolute Gasteiger partial charge is 0.372 e. The molecule has 8 heteroatoms. The van der Waals surface area contributed by atoms with E-state index in [-0.39, 0.29) is 24.3 Å². The van der Waals surface area contributed by atoms with Crippen molar-refractivity contribution in [3.05, 3.63) is 34.4 Å². The molecular formula is C20H26N4O3S. The first-order chi connectivity index (χ1) is 13.6. The van der Waals surface area contributed by atoms with Gasteiger partial charge in [-0.3, -0.25) is 14.6 Å². The second kappa shape index (κ2) is 9.75. The van der Waals surface area contributed by atoms with Crippen LogP contribution in [0.2, 0.25) is 0 Å². The second-order valence-electron chi connectivity index (χ2n) is 6.85. The smallest absolute Gasteiger partial charge is 0.248 e. The van der Waals surface area contributed by atoms with Crippen molar-refractivity contribution in [3.63, 3.8) is 0 Å². The summed E-state index contributed by atoms with van der Waals surface area (Å²) >= 11 is 1.52. The number of rotatable bonds is 7. The summed E-state index contributed by atoms with van der Waals surface area (Å²) < 4.78 is 5.19. The number of pyridine rings is 1. The molecule has 28 heavy (non-hydrogen) atoms. The first-order valence-electron chi connectivity index (χ1n) is 9.57. The lowest BCUT2D eigenvalue weighted by atomic mass is 9.97. The molecule has 1 N–H and O–H groups in total. The Morgan fingerprint density at radius 1 is 1.39 bits per heavy atom. The second-order valence-corrected chi connectivity index (χ2v) is 7.79. The first kappa shape index (κ1) is 20.4. The van der Waals surface area contributed by atoms with Gasteiger partial charge in [-0.2, -0.15) is 0 Å². The van der Waals surface area contributed by atoms with E-state index in [1.54, 1.807) is 4.90 Å². The van der Waals surface area contributed by atoms with Crippen LogP contribution in [0.3, 0.4) is 0 Å².